The summed E-state index contributed by atoms with van der Waals surface area (Å²) in [6.45, 7) is 3.32. The molecular formula is C19H21NO5. The summed E-state index contributed by atoms with van der Waals surface area (Å²) in [5.74, 6) is 0.109. The van der Waals surface area contributed by atoms with Gasteiger partial charge in [-0.25, -0.2) is 4.79 Å². The topological polar surface area (TPSA) is 73.9 Å². The molecule has 6 heteroatoms. The average molecular weight is 343 g/mol. The zero-order chi connectivity index (χ0) is 18.4. The van der Waals surface area contributed by atoms with Crippen molar-refractivity contribution in [2.45, 2.75) is 13.8 Å². The highest BCUT2D eigenvalue weighted by molar-refractivity contribution is 5.96. The molecule has 1 amide bonds. The summed E-state index contributed by atoms with van der Waals surface area (Å²) in [7, 11) is 3.04. The van der Waals surface area contributed by atoms with Gasteiger partial charge in [0.25, 0.3) is 5.91 Å². The summed E-state index contributed by atoms with van der Waals surface area (Å²) in [5, 5.41) is 2.65. The third-order valence-electron chi connectivity index (χ3n) is 3.58. The number of esters is 1. The molecule has 2 aromatic carbocycles. The van der Waals surface area contributed by atoms with E-state index in [-0.39, 0.29) is 6.61 Å². The summed E-state index contributed by atoms with van der Waals surface area (Å²) in [4.78, 5) is 24.2. The lowest BCUT2D eigenvalue weighted by molar-refractivity contribution is -0.119. The Bertz CT molecular complexity index is 763. The highest BCUT2D eigenvalue weighted by atomic mass is 16.5. The van der Waals surface area contributed by atoms with Crippen LogP contribution in [0.5, 0.6) is 11.5 Å². The van der Waals surface area contributed by atoms with Crippen LogP contribution in [0.3, 0.4) is 0 Å². The van der Waals surface area contributed by atoms with Crippen molar-refractivity contribution in [1.29, 1.82) is 0 Å². The quantitative estimate of drug-likeness (QED) is 0.816. The number of amides is 1. The maximum atomic E-state index is 12.1. The summed E-state index contributed by atoms with van der Waals surface area (Å²) in [6.07, 6.45) is 0. The number of ether oxygens (including phenoxy) is 3. The van der Waals surface area contributed by atoms with Crippen molar-refractivity contribution < 1.29 is 23.8 Å². The molecule has 2 aromatic rings. The van der Waals surface area contributed by atoms with Crippen molar-refractivity contribution in [3.63, 3.8) is 0 Å². The van der Waals surface area contributed by atoms with E-state index < -0.39 is 11.9 Å². The van der Waals surface area contributed by atoms with Crippen molar-refractivity contribution in [3.8, 4) is 11.5 Å². The van der Waals surface area contributed by atoms with Gasteiger partial charge in [-0.15, -0.1) is 0 Å². The standard InChI is InChI=1S/C19H21NO5/c1-12-5-6-13(2)17(7-12)19(22)25-11-18(21)20-14-8-15(23-3)10-16(9-14)24-4/h5-10H,11H2,1-4H3,(H,20,21). The molecule has 0 bridgehead atoms. The Morgan fingerprint density at radius 1 is 0.960 bits per heavy atom. The minimum absolute atomic E-state index is 0.383. The Hall–Kier alpha value is -3.02. The van der Waals surface area contributed by atoms with E-state index >= 15 is 0 Å². The van der Waals surface area contributed by atoms with E-state index in [1.54, 1.807) is 24.3 Å². The van der Waals surface area contributed by atoms with Crippen molar-refractivity contribution >= 4 is 17.6 Å². The molecule has 25 heavy (non-hydrogen) atoms. The fourth-order valence-electron chi connectivity index (χ4n) is 2.24. The lowest BCUT2D eigenvalue weighted by Crippen LogP contribution is -2.21. The molecular weight excluding hydrogens is 322 g/mol. The number of methoxy groups -OCH3 is 2. The van der Waals surface area contributed by atoms with Crippen LogP contribution in [0, 0.1) is 13.8 Å². The molecule has 0 atom stereocenters. The van der Waals surface area contributed by atoms with Gasteiger partial charge in [0.05, 0.1) is 19.8 Å². The highest BCUT2D eigenvalue weighted by Gasteiger charge is 2.13. The Kier molecular flexibility index (Phi) is 6.00. The first kappa shape index (κ1) is 18.3. The molecule has 0 heterocycles. The fraction of sp³-hybridized carbons (Fsp3) is 0.263. The SMILES string of the molecule is COc1cc(NC(=O)COC(=O)c2cc(C)ccc2C)cc(OC)c1. The third-order valence-corrected chi connectivity index (χ3v) is 3.58. The van der Waals surface area contributed by atoms with E-state index in [0.717, 1.165) is 11.1 Å². The minimum Gasteiger partial charge on any atom is -0.497 e. The zero-order valence-corrected chi connectivity index (χ0v) is 14.7. The van der Waals surface area contributed by atoms with E-state index in [9.17, 15) is 9.59 Å². The zero-order valence-electron chi connectivity index (χ0n) is 14.7. The van der Waals surface area contributed by atoms with Gasteiger partial charge in [0.2, 0.25) is 0 Å². The first-order valence-electron chi connectivity index (χ1n) is 7.70. The molecule has 2 rings (SSSR count). The van der Waals surface area contributed by atoms with Crippen LogP contribution in [-0.4, -0.2) is 32.7 Å². The summed E-state index contributed by atoms with van der Waals surface area (Å²) in [5.41, 5.74) is 2.69. The molecule has 0 fully saturated rings. The van der Waals surface area contributed by atoms with Gasteiger partial charge in [0, 0.05) is 23.9 Å². The molecule has 0 aliphatic carbocycles. The molecule has 0 aromatic heterocycles. The monoisotopic (exact) mass is 343 g/mol. The van der Waals surface area contributed by atoms with Crippen molar-refractivity contribution in [2.75, 3.05) is 26.1 Å². The van der Waals surface area contributed by atoms with Gasteiger partial charge in [-0.3, -0.25) is 4.79 Å². The second-order valence-corrected chi connectivity index (χ2v) is 5.54. The second-order valence-electron chi connectivity index (χ2n) is 5.54. The summed E-state index contributed by atoms with van der Waals surface area (Å²) < 4.78 is 15.4. The van der Waals surface area contributed by atoms with Gasteiger partial charge >= 0.3 is 5.97 Å². The van der Waals surface area contributed by atoms with Gasteiger partial charge in [0.1, 0.15) is 11.5 Å². The smallest absolute Gasteiger partial charge is 0.338 e. The Balaban J connectivity index is 1.99. The molecule has 1 N–H and O–H groups in total. The van der Waals surface area contributed by atoms with Crippen LogP contribution in [0.15, 0.2) is 36.4 Å². The highest BCUT2D eigenvalue weighted by Crippen LogP contribution is 2.25. The first-order valence-corrected chi connectivity index (χ1v) is 7.70. The van der Waals surface area contributed by atoms with E-state index in [4.69, 9.17) is 14.2 Å². The maximum absolute atomic E-state index is 12.1. The van der Waals surface area contributed by atoms with Gasteiger partial charge in [-0.05, 0) is 25.5 Å². The summed E-state index contributed by atoms with van der Waals surface area (Å²) in [6, 6.07) is 10.5. The Morgan fingerprint density at radius 2 is 1.60 bits per heavy atom. The first-order chi connectivity index (χ1) is 11.9. The van der Waals surface area contributed by atoms with Crippen LogP contribution in [0.25, 0.3) is 0 Å². The molecule has 0 radical (unpaired) electrons. The third kappa shape index (κ3) is 4.97. The molecule has 6 nitrogen and oxygen atoms in total. The maximum Gasteiger partial charge on any atom is 0.338 e. The Morgan fingerprint density at radius 3 is 2.20 bits per heavy atom. The molecule has 0 unspecified atom stereocenters. The molecule has 132 valence electrons. The van der Waals surface area contributed by atoms with Crippen LogP contribution in [0.1, 0.15) is 21.5 Å². The number of carbonyl (C=O) groups is 2. The van der Waals surface area contributed by atoms with Crippen molar-refractivity contribution in [2.24, 2.45) is 0 Å². The number of anilines is 1. The number of nitrogens with one attached hydrogen (secondary N) is 1. The van der Waals surface area contributed by atoms with E-state index in [1.807, 2.05) is 26.0 Å². The Labute approximate surface area is 146 Å². The van der Waals surface area contributed by atoms with Gasteiger partial charge in [0.15, 0.2) is 6.61 Å². The van der Waals surface area contributed by atoms with Crippen LogP contribution >= 0.6 is 0 Å². The van der Waals surface area contributed by atoms with E-state index in [0.29, 0.717) is 22.7 Å². The van der Waals surface area contributed by atoms with Crippen LogP contribution in [0.4, 0.5) is 5.69 Å². The lowest BCUT2D eigenvalue weighted by atomic mass is 10.1. The van der Waals surface area contributed by atoms with Crippen LogP contribution in [-0.2, 0) is 9.53 Å². The van der Waals surface area contributed by atoms with Crippen LogP contribution in [0.2, 0.25) is 0 Å². The largest absolute Gasteiger partial charge is 0.497 e. The van der Waals surface area contributed by atoms with Gasteiger partial charge in [-0.2, -0.15) is 0 Å². The number of benzene rings is 2. The van der Waals surface area contributed by atoms with Crippen molar-refractivity contribution in [1.82, 2.24) is 0 Å². The second kappa shape index (κ2) is 8.19. The van der Waals surface area contributed by atoms with Gasteiger partial charge < -0.3 is 19.5 Å². The number of hydrogen-bond acceptors (Lipinski definition) is 5. The molecule has 0 aliphatic heterocycles. The van der Waals surface area contributed by atoms with Crippen molar-refractivity contribution in [3.05, 3.63) is 53.1 Å². The molecule has 0 spiro atoms. The molecule has 0 saturated carbocycles. The molecule has 0 aliphatic rings. The number of carbonyl (C=O) groups excluding carboxylic acids is 2. The van der Waals surface area contributed by atoms with Gasteiger partial charge in [-0.1, -0.05) is 17.7 Å². The number of hydrogen-bond donors (Lipinski definition) is 1. The van der Waals surface area contributed by atoms with E-state index in [2.05, 4.69) is 5.32 Å². The van der Waals surface area contributed by atoms with E-state index in [1.165, 1.54) is 14.2 Å². The number of rotatable bonds is 6. The predicted molar refractivity (Wildman–Crippen MR) is 94.4 cm³/mol. The lowest BCUT2D eigenvalue weighted by Gasteiger charge is -2.11. The molecule has 0 saturated heterocycles. The normalized spacial score (nSPS) is 10.1. The minimum atomic E-state index is -0.528. The average Bonchev–Trinajstić information content (AvgIpc) is 2.61. The summed E-state index contributed by atoms with van der Waals surface area (Å²) >= 11 is 0. The predicted octanol–water partition coefficient (Wildman–Crippen LogP) is 3.12. The fourth-order valence-corrected chi connectivity index (χ4v) is 2.24. The van der Waals surface area contributed by atoms with Crippen LogP contribution < -0.4 is 14.8 Å². The number of aryl methyl sites for hydroxylation is 2.